The van der Waals surface area contributed by atoms with Gasteiger partial charge in [-0.3, -0.25) is 9.69 Å². The molecule has 0 spiro atoms. The average Bonchev–Trinajstić information content (AvgIpc) is 2.90. The molecule has 0 radical (unpaired) electrons. The van der Waals surface area contributed by atoms with E-state index in [-0.39, 0.29) is 5.91 Å². The second-order valence-corrected chi connectivity index (χ2v) is 4.93. The van der Waals surface area contributed by atoms with E-state index in [2.05, 4.69) is 28.7 Å². The summed E-state index contributed by atoms with van der Waals surface area (Å²) in [6, 6.07) is 0.491. The highest BCUT2D eigenvalue weighted by molar-refractivity contribution is 5.93. The summed E-state index contributed by atoms with van der Waals surface area (Å²) in [6.45, 7) is 9.88. The fourth-order valence-corrected chi connectivity index (χ4v) is 2.65. The molecule has 1 aromatic heterocycles. The van der Waals surface area contributed by atoms with E-state index in [4.69, 9.17) is 0 Å². The van der Waals surface area contributed by atoms with Crippen LogP contribution < -0.4 is 0 Å². The zero-order valence-corrected chi connectivity index (χ0v) is 12.0. The number of likely N-dealkylation sites (N-methyl/N-ethyl adjacent to an activating group) is 1. The van der Waals surface area contributed by atoms with Gasteiger partial charge in [-0.2, -0.15) is 0 Å². The van der Waals surface area contributed by atoms with E-state index in [1.165, 1.54) is 0 Å². The Morgan fingerprint density at radius 3 is 2.58 bits per heavy atom. The summed E-state index contributed by atoms with van der Waals surface area (Å²) in [5, 5.41) is 0. The molecule has 5 nitrogen and oxygen atoms in total. The molecule has 1 aliphatic heterocycles. The van der Waals surface area contributed by atoms with E-state index in [1.807, 2.05) is 11.8 Å². The zero-order valence-electron chi connectivity index (χ0n) is 12.0. The summed E-state index contributed by atoms with van der Waals surface area (Å²) in [7, 11) is 0. The van der Waals surface area contributed by atoms with Crippen molar-refractivity contribution >= 4 is 5.91 Å². The van der Waals surface area contributed by atoms with E-state index in [9.17, 15) is 4.79 Å². The van der Waals surface area contributed by atoms with Gasteiger partial charge >= 0.3 is 0 Å². The molecule has 1 atom stereocenters. The molecule has 5 heteroatoms. The Balaban J connectivity index is 2.00. The van der Waals surface area contributed by atoms with Gasteiger partial charge in [0.1, 0.15) is 5.82 Å². The van der Waals surface area contributed by atoms with Crippen LogP contribution in [0.25, 0.3) is 0 Å². The van der Waals surface area contributed by atoms with E-state index in [0.717, 1.165) is 32.6 Å². The molecule has 2 heterocycles. The van der Waals surface area contributed by atoms with E-state index in [0.29, 0.717) is 17.4 Å². The van der Waals surface area contributed by atoms with Gasteiger partial charge in [0.25, 0.3) is 5.91 Å². The van der Waals surface area contributed by atoms with Crippen LogP contribution in [0.2, 0.25) is 0 Å². The fourth-order valence-electron chi connectivity index (χ4n) is 2.65. The van der Waals surface area contributed by atoms with Crippen LogP contribution in [-0.4, -0.2) is 57.9 Å². The molecule has 1 aromatic rings. The van der Waals surface area contributed by atoms with Crippen molar-refractivity contribution in [1.29, 1.82) is 0 Å². The molecule has 1 fully saturated rings. The molecule has 0 aliphatic carbocycles. The highest BCUT2D eigenvalue weighted by Gasteiger charge is 2.29. The van der Waals surface area contributed by atoms with Crippen molar-refractivity contribution in [2.45, 2.75) is 33.2 Å². The zero-order chi connectivity index (χ0) is 13.8. The van der Waals surface area contributed by atoms with Crippen molar-refractivity contribution in [2.75, 3.05) is 26.2 Å². The van der Waals surface area contributed by atoms with Crippen LogP contribution in [0.3, 0.4) is 0 Å². The van der Waals surface area contributed by atoms with Crippen molar-refractivity contribution in [3.8, 4) is 0 Å². The number of carbonyl (C=O) groups is 1. The van der Waals surface area contributed by atoms with Gasteiger partial charge in [-0.05, 0) is 26.4 Å². The Morgan fingerprint density at radius 1 is 1.37 bits per heavy atom. The molecule has 2 rings (SSSR count). The summed E-state index contributed by atoms with van der Waals surface area (Å²) in [4.78, 5) is 24.8. The minimum absolute atomic E-state index is 0.0506. The number of amides is 1. The molecule has 0 N–H and O–H groups in total. The quantitative estimate of drug-likeness (QED) is 0.821. The van der Waals surface area contributed by atoms with Crippen molar-refractivity contribution in [3.63, 3.8) is 0 Å². The van der Waals surface area contributed by atoms with Gasteiger partial charge in [-0.15, -0.1) is 0 Å². The minimum Gasteiger partial charge on any atom is -0.337 e. The largest absolute Gasteiger partial charge is 0.337 e. The van der Waals surface area contributed by atoms with Crippen LogP contribution in [0.4, 0.5) is 0 Å². The lowest BCUT2D eigenvalue weighted by molar-refractivity contribution is 0.0777. The Hall–Kier alpha value is -1.49. The monoisotopic (exact) mass is 262 g/mol. The van der Waals surface area contributed by atoms with Crippen LogP contribution in [0.15, 0.2) is 12.4 Å². The van der Waals surface area contributed by atoms with Crippen LogP contribution in [0, 0.1) is 6.92 Å². The van der Waals surface area contributed by atoms with Crippen LogP contribution in [0.1, 0.15) is 36.5 Å². The first kappa shape index (κ1) is 13.9. The number of aryl methyl sites for hydroxylation is 1. The lowest BCUT2D eigenvalue weighted by Gasteiger charge is -2.26. The lowest BCUT2D eigenvalue weighted by atomic mass is 10.2. The second-order valence-electron chi connectivity index (χ2n) is 4.93. The molecule has 0 bridgehead atoms. The maximum Gasteiger partial charge on any atom is 0.257 e. The third kappa shape index (κ3) is 3.10. The maximum atomic E-state index is 12.3. The minimum atomic E-state index is 0.0506. The van der Waals surface area contributed by atoms with E-state index >= 15 is 0 Å². The predicted octanol–water partition coefficient (Wildman–Crippen LogP) is 1.34. The fraction of sp³-hybridized carbons (Fsp3) is 0.643. The van der Waals surface area contributed by atoms with E-state index < -0.39 is 0 Å². The first-order valence-electron chi connectivity index (χ1n) is 6.97. The van der Waals surface area contributed by atoms with Crippen molar-refractivity contribution in [3.05, 3.63) is 23.8 Å². The molecule has 0 saturated carbocycles. The molecule has 1 aliphatic rings. The molecule has 0 aromatic carbocycles. The molecule has 0 unspecified atom stereocenters. The number of hydrogen-bond donors (Lipinski definition) is 0. The standard InChI is InChI=1S/C14H22N4O/c1-4-17(5-2)13-6-7-18(10-13)14(19)12-8-15-11(3)16-9-12/h8-9,13H,4-7,10H2,1-3H3/t13-/m1/s1. The Labute approximate surface area is 114 Å². The molecule has 1 amide bonds. The second kappa shape index (κ2) is 6.10. The Kier molecular flexibility index (Phi) is 4.47. The first-order valence-corrected chi connectivity index (χ1v) is 6.97. The summed E-state index contributed by atoms with van der Waals surface area (Å²) in [6.07, 6.45) is 4.30. The molecule has 19 heavy (non-hydrogen) atoms. The van der Waals surface area contributed by atoms with E-state index in [1.54, 1.807) is 12.4 Å². The number of aromatic nitrogens is 2. The van der Waals surface area contributed by atoms with Gasteiger partial charge < -0.3 is 4.90 Å². The average molecular weight is 262 g/mol. The number of likely N-dealkylation sites (tertiary alicyclic amines) is 1. The summed E-state index contributed by atoms with van der Waals surface area (Å²) in [5.41, 5.74) is 0.589. The van der Waals surface area contributed by atoms with Gasteiger partial charge in [-0.1, -0.05) is 13.8 Å². The highest BCUT2D eigenvalue weighted by atomic mass is 16.2. The maximum absolute atomic E-state index is 12.3. The van der Waals surface area contributed by atoms with Crippen LogP contribution in [-0.2, 0) is 0 Å². The SMILES string of the molecule is CCN(CC)[C@@H]1CCN(C(=O)c2cnc(C)nc2)C1. The van der Waals surface area contributed by atoms with Crippen molar-refractivity contribution < 1.29 is 4.79 Å². The topological polar surface area (TPSA) is 49.3 Å². The summed E-state index contributed by atoms with van der Waals surface area (Å²) >= 11 is 0. The Morgan fingerprint density at radius 2 is 2.00 bits per heavy atom. The molecular weight excluding hydrogens is 240 g/mol. The first-order chi connectivity index (χ1) is 9.15. The van der Waals surface area contributed by atoms with Gasteiger partial charge in [0, 0.05) is 31.5 Å². The predicted molar refractivity (Wildman–Crippen MR) is 74.0 cm³/mol. The van der Waals surface area contributed by atoms with Crippen molar-refractivity contribution in [1.82, 2.24) is 19.8 Å². The van der Waals surface area contributed by atoms with Gasteiger partial charge in [0.15, 0.2) is 0 Å². The molecule has 1 saturated heterocycles. The van der Waals surface area contributed by atoms with Gasteiger partial charge in [0.2, 0.25) is 0 Å². The van der Waals surface area contributed by atoms with Gasteiger partial charge in [-0.25, -0.2) is 9.97 Å². The summed E-state index contributed by atoms with van der Waals surface area (Å²) in [5.74, 6) is 0.744. The molecule has 104 valence electrons. The number of carbonyl (C=O) groups excluding carboxylic acids is 1. The lowest BCUT2D eigenvalue weighted by Crippen LogP contribution is -2.38. The van der Waals surface area contributed by atoms with Gasteiger partial charge in [0.05, 0.1) is 5.56 Å². The number of rotatable bonds is 4. The Bertz CT molecular complexity index is 428. The smallest absolute Gasteiger partial charge is 0.257 e. The normalized spacial score (nSPS) is 19.2. The highest BCUT2D eigenvalue weighted by Crippen LogP contribution is 2.17. The molecular formula is C14H22N4O. The third-order valence-electron chi connectivity index (χ3n) is 3.81. The number of hydrogen-bond acceptors (Lipinski definition) is 4. The van der Waals surface area contributed by atoms with Crippen LogP contribution in [0.5, 0.6) is 0 Å². The van der Waals surface area contributed by atoms with Crippen LogP contribution >= 0.6 is 0 Å². The van der Waals surface area contributed by atoms with Crippen molar-refractivity contribution in [2.24, 2.45) is 0 Å². The number of nitrogens with zero attached hydrogens (tertiary/aromatic N) is 4. The third-order valence-corrected chi connectivity index (χ3v) is 3.81. The summed E-state index contributed by atoms with van der Waals surface area (Å²) < 4.78 is 0.